The molecule has 2 rings (SSSR count). The van der Waals surface area contributed by atoms with E-state index in [0.29, 0.717) is 5.69 Å². The first-order valence-electron chi connectivity index (χ1n) is 6.08. The average Bonchev–Trinajstić information content (AvgIpc) is 2.85. The lowest BCUT2D eigenvalue weighted by Crippen LogP contribution is -2.20. The Morgan fingerprint density at radius 2 is 2.10 bits per heavy atom. The highest BCUT2D eigenvalue weighted by atomic mass is 32.2. The van der Waals surface area contributed by atoms with E-state index in [1.165, 1.54) is 16.8 Å². The van der Waals surface area contributed by atoms with E-state index in [2.05, 4.69) is 15.6 Å². The van der Waals surface area contributed by atoms with Crippen LogP contribution in [-0.4, -0.2) is 35.6 Å². The molecule has 0 aliphatic heterocycles. The van der Waals surface area contributed by atoms with E-state index in [9.17, 15) is 13.2 Å². The number of benzene rings is 1. The molecule has 0 saturated heterocycles. The summed E-state index contributed by atoms with van der Waals surface area (Å²) in [6, 6.07) is 6.21. The molecule has 0 fully saturated rings. The number of nitrogens with zero attached hydrogens (tertiary/aromatic N) is 3. The van der Waals surface area contributed by atoms with Gasteiger partial charge in [-0.05, 0) is 12.1 Å². The number of rotatable bonds is 5. The molecule has 112 valence electrons. The minimum absolute atomic E-state index is 0.0691. The van der Waals surface area contributed by atoms with E-state index in [1.807, 2.05) is 0 Å². The third-order valence-electron chi connectivity index (χ3n) is 2.66. The molecule has 1 heterocycles. The van der Waals surface area contributed by atoms with Crippen LogP contribution in [0.3, 0.4) is 0 Å². The van der Waals surface area contributed by atoms with Gasteiger partial charge in [-0.25, -0.2) is 13.1 Å². The molecule has 0 atom stereocenters. The van der Waals surface area contributed by atoms with Crippen molar-refractivity contribution in [2.75, 3.05) is 11.6 Å². The molecule has 21 heavy (non-hydrogen) atoms. The molecule has 1 amide bonds. The first-order chi connectivity index (χ1) is 9.90. The minimum atomic E-state index is -3.42. The Kier molecular flexibility index (Phi) is 4.34. The van der Waals surface area contributed by atoms with Crippen LogP contribution in [0, 0.1) is 0 Å². The second-order valence-electron chi connectivity index (χ2n) is 4.43. The molecule has 0 aliphatic rings. The Balaban J connectivity index is 2.13. The normalized spacial score (nSPS) is 11.3. The maximum Gasteiger partial charge on any atom is 0.246 e. The number of anilines is 1. The van der Waals surface area contributed by atoms with E-state index in [-0.39, 0.29) is 23.7 Å². The number of aromatic nitrogens is 3. The first kappa shape index (κ1) is 15.1. The predicted octanol–water partition coefficient (Wildman–Crippen LogP) is -0.221. The summed E-state index contributed by atoms with van der Waals surface area (Å²) < 4.78 is 24.6. The summed E-state index contributed by atoms with van der Waals surface area (Å²) in [5.74, 6) is -0.403. The highest BCUT2D eigenvalue weighted by molar-refractivity contribution is 7.90. The molecule has 9 heteroatoms. The smallest absolute Gasteiger partial charge is 0.246 e. The number of carbonyl (C=O) groups is 1. The summed E-state index contributed by atoms with van der Waals surface area (Å²) in [7, 11) is -3.42. The fourth-order valence-electron chi connectivity index (χ4n) is 1.74. The standard InChI is InChI=1S/C12H15N5O3S/c1-21(19,20)11-5-3-2-4-10(11)14-12(18)8-17-7-9(6-13)15-16-17/h2-5,7H,6,8,13H2,1H3,(H,14,18). The van der Waals surface area contributed by atoms with Crippen LogP contribution < -0.4 is 11.1 Å². The van der Waals surface area contributed by atoms with Crippen LogP contribution in [0.2, 0.25) is 0 Å². The van der Waals surface area contributed by atoms with Gasteiger partial charge in [0.25, 0.3) is 0 Å². The zero-order valence-electron chi connectivity index (χ0n) is 11.4. The van der Waals surface area contributed by atoms with E-state index in [0.717, 1.165) is 6.26 Å². The molecular formula is C12H15N5O3S. The van der Waals surface area contributed by atoms with Gasteiger partial charge in [0.15, 0.2) is 9.84 Å². The van der Waals surface area contributed by atoms with Gasteiger partial charge in [-0.15, -0.1) is 5.10 Å². The molecule has 2 aromatic rings. The molecule has 0 radical (unpaired) electrons. The molecule has 0 aliphatic carbocycles. The third-order valence-corrected chi connectivity index (χ3v) is 3.82. The molecular weight excluding hydrogens is 294 g/mol. The van der Waals surface area contributed by atoms with Crippen molar-refractivity contribution >= 4 is 21.4 Å². The topological polar surface area (TPSA) is 120 Å². The van der Waals surface area contributed by atoms with Crippen molar-refractivity contribution in [1.82, 2.24) is 15.0 Å². The molecule has 0 saturated carbocycles. The van der Waals surface area contributed by atoms with E-state index < -0.39 is 15.7 Å². The fourth-order valence-corrected chi connectivity index (χ4v) is 2.58. The molecule has 3 N–H and O–H groups in total. The zero-order chi connectivity index (χ0) is 15.5. The van der Waals surface area contributed by atoms with Crippen LogP contribution in [0.1, 0.15) is 5.69 Å². The number of nitrogens with two attached hydrogens (primary N) is 1. The lowest BCUT2D eigenvalue weighted by molar-refractivity contribution is -0.116. The maximum absolute atomic E-state index is 11.9. The lowest BCUT2D eigenvalue weighted by atomic mass is 10.3. The van der Waals surface area contributed by atoms with Gasteiger partial charge < -0.3 is 11.1 Å². The van der Waals surface area contributed by atoms with Crippen LogP contribution in [0.4, 0.5) is 5.69 Å². The number of sulfone groups is 1. The van der Waals surface area contributed by atoms with Crippen molar-refractivity contribution in [2.45, 2.75) is 18.0 Å². The van der Waals surface area contributed by atoms with Crippen molar-refractivity contribution in [3.05, 3.63) is 36.2 Å². The predicted molar refractivity (Wildman–Crippen MR) is 76.1 cm³/mol. The van der Waals surface area contributed by atoms with Crippen molar-refractivity contribution in [2.24, 2.45) is 5.73 Å². The van der Waals surface area contributed by atoms with Gasteiger partial charge in [-0.2, -0.15) is 0 Å². The van der Waals surface area contributed by atoms with Crippen LogP contribution in [0.25, 0.3) is 0 Å². The minimum Gasteiger partial charge on any atom is -0.325 e. The second kappa shape index (κ2) is 6.02. The highest BCUT2D eigenvalue weighted by Crippen LogP contribution is 2.20. The molecule has 8 nitrogen and oxygen atoms in total. The summed E-state index contributed by atoms with van der Waals surface area (Å²) in [6.45, 7) is 0.156. The van der Waals surface area contributed by atoms with Crippen molar-refractivity contribution < 1.29 is 13.2 Å². The number of carbonyl (C=O) groups excluding carboxylic acids is 1. The highest BCUT2D eigenvalue weighted by Gasteiger charge is 2.14. The Morgan fingerprint density at radius 3 is 2.71 bits per heavy atom. The fraction of sp³-hybridized carbons (Fsp3) is 0.250. The van der Waals surface area contributed by atoms with Gasteiger partial charge in [0.2, 0.25) is 5.91 Å². The van der Waals surface area contributed by atoms with Gasteiger partial charge in [0.1, 0.15) is 6.54 Å². The monoisotopic (exact) mass is 309 g/mol. The SMILES string of the molecule is CS(=O)(=O)c1ccccc1NC(=O)Cn1cc(CN)nn1. The Bertz CT molecular complexity index is 754. The molecule has 0 unspecified atom stereocenters. The number of hydrogen-bond acceptors (Lipinski definition) is 6. The zero-order valence-corrected chi connectivity index (χ0v) is 12.2. The molecule has 1 aromatic carbocycles. The van der Waals surface area contributed by atoms with E-state index in [4.69, 9.17) is 5.73 Å². The second-order valence-corrected chi connectivity index (χ2v) is 6.41. The van der Waals surface area contributed by atoms with Gasteiger partial charge >= 0.3 is 0 Å². The van der Waals surface area contributed by atoms with Crippen molar-refractivity contribution in [3.8, 4) is 0 Å². The quantitative estimate of drug-likeness (QED) is 0.788. The van der Waals surface area contributed by atoms with Crippen molar-refractivity contribution in [3.63, 3.8) is 0 Å². The van der Waals surface area contributed by atoms with Crippen LogP contribution in [0.15, 0.2) is 35.4 Å². The Labute approximate surface area is 121 Å². The van der Waals surface area contributed by atoms with Gasteiger partial charge in [0, 0.05) is 12.8 Å². The molecule has 0 spiro atoms. The summed E-state index contributed by atoms with van der Waals surface area (Å²) in [6.07, 6.45) is 2.64. The number of nitrogens with one attached hydrogen (secondary N) is 1. The van der Waals surface area contributed by atoms with Gasteiger partial charge in [-0.3, -0.25) is 4.79 Å². The Morgan fingerprint density at radius 1 is 1.38 bits per heavy atom. The summed E-state index contributed by atoms with van der Waals surface area (Å²) in [5, 5.41) is 10.1. The number of amides is 1. The van der Waals surface area contributed by atoms with Gasteiger partial charge in [-0.1, -0.05) is 17.3 Å². The van der Waals surface area contributed by atoms with Crippen molar-refractivity contribution in [1.29, 1.82) is 0 Å². The van der Waals surface area contributed by atoms with Crippen LogP contribution >= 0.6 is 0 Å². The molecule has 1 aromatic heterocycles. The maximum atomic E-state index is 11.9. The molecule has 0 bridgehead atoms. The lowest BCUT2D eigenvalue weighted by Gasteiger charge is -2.09. The number of hydrogen-bond donors (Lipinski definition) is 2. The van der Waals surface area contributed by atoms with E-state index >= 15 is 0 Å². The van der Waals surface area contributed by atoms with Crippen LogP contribution in [-0.2, 0) is 27.7 Å². The summed E-state index contributed by atoms with van der Waals surface area (Å²) >= 11 is 0. The summed E-state index contributed by atoms with van der Waals surface area (Å²) in [5.41, 5.74) is 6.21. The first-order valence-corrected chi connectivity index (χ1v) is 7.97. The largest absolute Gasteiger partial charge is 0.325 e. The third kappa shape index (κ3) is 3.86. The summed E-state index contributed by atoms with van der Waals surface area (Å²) in [4.78, 5) is 12.0. The van der Waals surface area contributed by atoms with Crippen LogP contribution in [0.5, 0.6) is 0 Å². The van der Waals surface area contributed by atoms with E-state index in [1.54, 1.807) is 18.3 Å². The van der Waals surface area contributed by atoms with Gasteiger partial charge in [0.05, 0.1) is 22.5 Å². The average molecular weight is 309 g/mol. The number of para-hydroxylation sites is 1. The Hall–Kier alpha value is -2.26.